The summed E-state index contributed by atoms with van der Waals surface area (Å²) in [5.74, 6) is 1.45. The Morgan fingerprint density at radius 1 is 1.35 bits per heavy atom. The largest absolute Gasteiger partial charge is 0.497 e. The lowest BCUT2D eigenvalue weighted by molar-refractivity contribution is 0.111. The molecule has 0 saturated carbocycles. The number of thiazole rings is 1. The van der Waals surface area contributed by atoms with Gasteiger partial charge in [0.25, 0.3) is 0 Å². The highest BCUT2D eigenvalue weighted by Gasteiger charge is 2.17. The number of ether oxygens (including phenoxy) is 1. The molecule has 102 valence electrons. The smallest absolute Gasteiger partial charge is 0.196 e. The summed E-state index contributed by atoms with van der Waals surface area (Å²) >= 11 is 1.50. The third kappa shape index (κ3) is 1.94. The minimum atomic E-state index is 0.555. The molecule has 0 amide bonds. The van der Waals surface area contributed by atoms with Crippen LogP contribution in [0.25, 0.3) is 4.96 Å². The zero-order valence-corrected chi connectivity index (χ0v) is 11.9. The topological polar surface area (TPSA) is 46.8 Å². The minimum Gasteiger partial charge on any atom is -0.497 e. The van der Waals surface area contributed by atoms with E-state index in [1.807, 2.05) is 47.8 Å². The molecular formula is C14H13N3O2S. The van der Waals surface area contributed by atoms with Crippen molar-refractivity contribution in [1.29, 1.82) is 0 Å². The van der Waals surface area contributed by atoms with Gasteiger partial charge in [-0.3, -0.25) is 9.20 Å². The Morgan fingerprint density at radius 2 is 2.10 bits per heavy atom. The molecule has 0 atom stereocenters. The van der Waals surface area contributed by atoms with Gasteiger partial charge in [-0.25, -0.2) is 4.98 Å². The Kier molecular flexibility index (Phi) is 3.15. The van der Waals surface area contributed by atoms with E-state index >= 15 is 0 Å². The highest BCUT2D eigenvalue weighted by atomic mass is 32.1. The van der Waals surface area contributed by atoms with Crippen molar-refractivity contribution in [2.24, 2.45) is 0 Å². The van der Waals surface area contributed by atoms with E-state index < -0.39 is 0 Å². The van der Waals surface area contributed by atoms with Gasteiger partial charge >= 0.3 is 0 Å². The number of aldehydes is 1. The van der Waals surface area contributed by atoms with Crippen LogP contribution in [0.5, 0.6) is 5.75 Å². The van der Waals surface area contributed by atoms with Crippen molar-refractivity contribution in [2.75, 3.05) is 19.1 Å². The van der Waals surface area contributed by atoms with E-state index in [-0.39, 0.29) is 0 Å². The van der Waals surface area contributed by atoms with Crippen molar-refractivity contribution in [3.63, 3.8) is 0 Å². The second-order valence-electron chi connectivity index (χ2n) is 4.25. The number of hydrogen-bond donors (Lipinski definition) is 0. The zero-order valence-electron chi connectivity index (χ0n) is 11.1. The van der Waals surface area contributed by atoms with Crippen molar-refractivity contribution >= 4 is 34.1 Å². The number of rotatable bonds is 4. The molecule has 3 rings (SSSR count). The Hall–Kier alpha value is -2.34. The lowest BCUT2D eigenvalue weighted by Crippen LogP contribution is -2.12. The van der Waals surface area contributed by atoms with Crippen molar-refractivity contribution < 1.29 is 9.53 Å². The number of fused-ring (bicyclic) bond motifs is 1. The van der Waals surface area contributed by atoms with Gasteiger partial charge in [-0.05, 0) is 24.3 Å². The van der Waals surface area contributed by atoms with Crippen molar-refractivity contribution in [2.45, 2.75) is 0 Å². The van der Waals surface area contributed by atoms with E-state index in [0.29, 0.717) is 11.5 Å². The maximum Gasteiger partial charge on any atom is 0.196 e. The summed E-state index contributed by atoms with van der Waals surface area (Å²) in [6, 6.07) is 7.62. The molecule has 0 fully saturated rings. The number of anilines is 2. The first-order valence-electron chi connectivity index (χ1n) is 6.03. The van der Waals surface area contributed by atoms with Crippen LogP contribution < -0.4 is 9.64 Å². The molecule has 0 aliphatic rings. The number of nitrogens with zero attached hydrogens (tertiary/aromatic N) is 3. The average molecular weight is 287 g/mol. The van der Waals surface area contributed by atoms with Crippen molar-refractivity contribution in [3.8, 4) is 5.75 Å². The summed E-state index contributed by atoms with van der Waals surface area (Å²) in [6.45, 7) is 0. The van der Waals surface area contributed by atoms with Crippen LogP contribution >= 0.6 is 11.3 Å². The van der Waals surface area contributed by atoms with Gasteiger partial charge in [-0.2, -0.15) is 0 Å². The lowest BCUT2D eigenvalue weighted by atomic mass is 10.2. The molecule has 0 aliphatic heterocycles. The highest BCUT2D eigenvalue weighted by molar-refractivity contribution is 7.15. The lowest BCUT2D eigenvalue weighted by Gasteiger charge is -2.17. The molecule has 0 bridgehead atoms. The summed E-state index contributed by atoms with van der Waals surface area (Å²) in [7, 11) is 3.52. The average Bonchev–Trinajstić information content (AvgIpc) is 3.06. The molecule has 1 aromatic carbocycles. The Morgan fingerprint density at radius 3 is 2.75 bits per heavy atom. The van der Waals surface area contributed by atoms with E-state index in [2.05, 4.69) is 4.98 Å². The van der Waals surface area contributed by atoms with Crippen LogP contribution in [0.1, 0.15) is 10.5 Å². The standard InChI is InChI=1S/C14H13N3O2S/c1-16(10-3-5-11(19-2)6-4-10)13-12(9-18)17-7-8-20-14(17)15-13/h3-9H,1-2H3. The first-order valence-corrected chi connectivity index (χ1v) is 6.91. The van der Waals surface area contributed by atoms with Crippen LogP contribution in [-0.4, -0.2) is 29.8 Å². The molecule has 0 radical (unpaired) electrons. The summed E-state index contributed by atoms with van der Waals surface area (Å²) in [5.41, 5.74) is 1.50. The van der Waals surface area contributed by atoms with E-state index in [9.17, 15) is 4.79 Å². The predicted molar refractivity (Wildman–Crippen MR) is 79.5 cm³/mol. The predicted octanol–water partition coefficient (Wildman–Crippen LogP) is 2.98. The van der Waals surface area contributed by atoms with Crippen LogP contribution in [0.2, 0.25) is 0 Å². The maximum absolute atomic E-state index is 11.3. The summed E-state index contributed by atoms with van der Waals surface area (Å²) in [4.78, 5) is 18.5. The van der Waals surface area contributed by atoms with Crippen LogP contribution in [0.3, 0.4) is 0 Å². The van der Waals surface area contributed by atoms with Gasteiger partial charge in [0, 0.05) is 24.3 Å². The molecule has 0 saturated heterocycles. The van der Waals surface area contributed by atoms with E-state index in [1.165, 1.54) is 11.3 Å². The van der Waals surface area contributed by atoms with Crippen LogP contribution in [-0.2, 0) is 0 Å². The Balaban J connectivity index is 2.04. The molecule has 20 heavy (non-hydrogen) atoms. The molecule has 2 aromatic heterocycles. The number of methoxy groups -OCH3 is 1. The van der Waals surface area contributed by atoms with Crippen LogP contribution in [0.15, 0.2) is 35.8 Å². The van der Waals surface area contributed by atoms with Gasteiger partial charge in [0.15, 0.2) is 17.1 Å². The van der Waals surface area contributed by atoms with E-state index in [1.54, 1.807) is 11.5 Å². The SMILES string of the molecule is COc1ccc(N(C)c2nc3sccn3c2C=O)cc1. The first kappa shape index (κ1) is 12.7. The van der Waals surface area contributed by atoms with Crippen LogP contribution in [0.4, 0.5) is 11.5 Å². The Bertz CT molecular complexity index is 745. The van der Waals surface area contributed by atoms with Crippen molar-refractivity contribution in [3.05, 3.63) is 41.5 Å². The number of carbonyl (C=O) groups is 1. The van der Waals surface area contributed by atoms with Gasteiger partial charge in [0.1, 0.15) is 11.4 Å². The summed E-state index contributed by atoms with van der Waals surface area (Å²) in [5, 5.41) is 1.91. The van der Waals surface area contributed by atoms with E-state index in [0.717, 1.165) is 22.7 Å². The summed E-state index contributed by atoms with van der Waals surface area (Å²) in [6.07, 6.45) is 2.68. The van der Waals surface area contributed by atoms with Gasteiger partial charge in [-0.15, -0.1) is 11.3 Å². The molecule has 3 aromatic rings. The maximum atomic E-state index is 11.3. The fourth-order valence-corrected chi connectivity index (χ4v) is 2.79. The monoisotopic (exact) mass is 287 g/mol. The third-order valence-electron chi connectivity index (χ3n) is 3.17. The quantitative estimate of drug-likeness (QED) is 0.692. The fourth-order valence-electron chi connectivity index (χ4n) is 2.08. The van der Waals surface area contributed by atoms with Gasteiger partial charge in [0.05, 0.1) is 7.11 Å². The zero-order chi connectivity index (χ0) is 14.1. The molecule has 0 spiro atoms. The number of aromatic nitrogens is 2. The Labute approximate surface area is 120 Å². The normalized spacial score (nSPS) is 10.7. The molecule has 5 nitrogen and oxygen atoms in total. The van der Waals surface area contributed by atoms with Crippen LogP contribution in [0, 0.1) is 0 Å². The molecule has 0 unspecified atom stereocenters. The summed E-state index contributed by atoms with van der Waals surface area (Å²) < 4.78 is 6.94. The fraction of sp³-hybridized carbons (Fsp3) is 0.143. The van der Waals surface area contributed by atoms with Gasteiger partial charge < -0.3 is 9.64 Å². The first-order chi connectivity index (χ1) is 9.74. The molecular weight excluding hydrogens is 274 g/mol. The molecule has 6 heteroatoms. The van der Waals surface area contributed by atoms with Gasteiger partial charge in [0.2, 0.25) is 0 Å². The van der Waals surface area contributed by atoms with Gasteiger partial charge in [-0.1, -0.05) is 0 Å². The number of imidazole rings is 1. The number of carbonyl (C=O) groups excluding carboxylic acids is 1. The number of benzene rings is 1. The minimum absolute atomic E-state index is 0.555. The third-order valence-corrected chi connectivity index (χ3v) is 3.93. The number of hydrogen-bond acceptors (Lipinski definition) is 5. The second-order valence-corrected chi connectivity index (χ2v) is 5.12. The van der Waals surface area contributed by atoms with E-state index in [4.69, 9.17) is 4.74 Å². The molecule has 0 aliphatic carbocycles. The highest BCUT2D eigenvalue weighted by Crippen LogP contribution is 2.29. The molecule has 0 N–H and O–H groups in total. The van der Waals surface area contributed by atoms with Crippen molar-refractivity contribution in [1.82, 2.24) is 9.38 Å². The second kappa shape index (κ2) is 4.97. The molecule has 2 heterocycles.